The molecule has 6 nitrogen and oxygen atoms in total. The van der Waals surface area contributed by atoms with Crippen molar-refractivity contribution in [2.75, 3.05) is 11.5 Å². The van der Waals surface area contributed by atoms with Crippen molar-refractivity contribution in [3.8, 4) is 44.9 Å². The van der Waals surface area contributed by atoms with E-state index in [1.54, 1.807) is 6.07 Å². The molecule has 0 unspecified atom stereocenters. The van der Waals surface area contributed by atoms with E-state index in [4.69, 9.17) is 31.1 Å². The highest BCUT2D eigenvalue weighted by Gasteiger charge is 2.23. The highest BCUT2D eigenvalue weighted by Crippen LogP contribution is 2.46. The van der Waals surface area contributed by atoms with E-state index in [1.165, 1.54) is 16.7 Å². The van der Waals surface area contributed by atoms with E-state index in [0.29, 0.717) is 37.9 Å². The summed E-state index contributed by atoms with van der Waals surface area (Å²) in [5.74, 6) is 1.41. The summed E-state index contributed by atoms with van der Waals surface area (Å²) in [6.07, 6.45) is 0. The summed E-state index contributed by atoms with van der Waals surface area (Å²) in [4.78, 5) is 0. The Labute approximate surface area is 322 Å². The first-order valence-electron chi connectivity index (χ1n) is 15.3. The second kappa shape index (κ2) is 14.8. The Morgan fingerprint density at radius 3 is 1.90 bits per heavy atom. The quantitative estimate of drug-likeness (QED) is 0.158. The predicted octanol–water partition coefficient (Wildman–Crippen LogP) is 2.86. The van der Waals surface area contributed by atoms with Gasteiger partial charge in [-0.3, -0.25) is 10.8 Å². The molecule has 4 aromatic carbocycles. The maximum Gasteiger partial charge on any atom is 0.200 e. The third kappa shape index (κ3) is 6.58. The van der Waals surface area contributed by atoms with Crippen LogP contribution in [-0.4, -0.2) is 0 Å². The Hall–Kier alpha value is -4.41. The van der Waals surface area contributed by atoms with Gasteiger partial charge in [0.25, 0.3) is 0 Å². The van der Waals surface area contributed by atoms with Gasteiger partial charge in [0.1, 0.15) is 11.3 Å². The molecule has 8 rings (SSSR count). The second-order valence-corrected chi connectivity index (χ2v) is 13.3. The van der Waals surface area contributed by atoms with Gasteiger partial charge in [0, 0.05) is 56.5 Å². The molecule has 0 fully saturated rings. The number of anilines is 2. The van der Waals surface area contributed by atoms with Crippen LogP contribution in [0.2, 0.25) is 0 Å². The molecule has 0 saturated carbocycles. The first-order valence-corrected chi connectivity index (χ1v) is 16.8. The summed E-state index contributed by atoms with van der Waals surface area (Å²) < 4.78 is 13.6. The maximum absolute atomic E-state index is 8.08. The number of halogens is 4. The van der Waals surface area contributed by atoms with Crippen LogP contribution in [0.4, 0.5) is 11.4 Å². The van der Waals surface area contributed by atoms with E-state index in [-0.39, 0.29) is 29.4 Å². The third-order valence-electron chi connectivity index (χ3n) is 8.57. The summed E-state index contributed by atoms with van der Waals surface area (Å²) in [7, 11) is 0. The van der Waals surface area contributed by atoms with Crippen molar-refractivity contribution < 1.29 is 43.6 Å². The van der Waals surface area contributed by atoms with Gasteiger partial charge < -0.3 is 49.7 Å². The lowest BCUT2D eigenvalue weighted by molar-refractivity contribution is -0.172. The van der Waals surface area contributed by atoms with Gasteiger partial charge in [-0.25, -0.2) is 0 Å². The Bertz CT molecular complexity index is 2600. The van der Waals surface area contributed by atoms with Crippen LogP contribution in [0.15, 0.2) is 127 Å². The molecule has 0 amide bonds. The smallest absolute Gasteiger partial charge is 0.200 e. The number of aryl methyl sites for hydroxylation is 2. The van der Waals surface area contributed by atoms with Gasteiger partial charge in [0.05, 0.1) is 20.4 Å². The van der Waals surface area contributed by atoms with Crippen LogP contribution in [0.5, 0.6) is 0 Å². The molecule has 0 spiro atoms. The van der Waals surface area contributed by atoms with E-state index in [0.717, 1.165) is 54.4 Å². The molecule has 50 heavy (non-hydrogen) atoms. The molecule has 2 aliphatic heterocycles. The van der Waals surface area contributed by atoms with E-state index >= 15 is 0 Å². The van der Waals surface area contributed by atoms with Crippen LogP contribution < -0.4 is 57.0 Å². The van der Waals surface area contributed by atoms with Gasteiger partial charge in [-0.15, -0.1) is 0 Å². The number of fused-ring (bicyclic) bond motifs is 4. The molecule has 0 radical (unpaired) electrons. The van der Waals surface area contributed by atoms with Gasteiger partial charge >= 0.3 is 0 Å². The zero-order chi connectivity index (χ0) is 33.7. The minimum absolute atomic E-state index is 0. The summed E-state index contributed by atoms with van der Waals surface area (Å²) in [6.45, 7) is 4.21. The Balaban J connectivity index is 0.000000187. The van der Waals surface area contributed by atoms with Crippen LogP contribution in [0.3, 0.4) is 0 Å². The lowest BCUT2D eigenvalue weighted by Crippen LogP contribution is -3.00. The molecular formula is C40H31Br3ClN4O2-. The molecule has 10 heteroatoms. The molecule has 0 bridgehead atoms. The molecule has 4 aliphatic rings. The first-order chi connectivity index (χ1) is 23.1. The van der Waals surface area contributed by atoms with Crippen LogP contribution >= 0.6 is 31.9 Å². The molecule has 252 valence electrons. The fourth-order valence-electron chi connectivity index (χ4n) is 6.18. The molecule has 0 atom stereocenters. The van der Waals surface area contributed by atoms with Crippen molar-refractivity contribution in [2.45, 2.75) is 13.8 Å². The Morgan fingerprint density at radius 1 is 0.640 bits per heavy atom. The average molecular weight is 875 g/mol. The monoisotopic (exact) mass is 871 g/mol. The van der Waals surface area contributed by atoms with Crippen LogP contribution in [-0.2, 0) is 0 Å². The van der Waals surface area contributed by atoms with Gasteiger partial charge in [-0.2, -0.15) is 0 Å². The molecule has 0 aromatic heterocycles. The number of nitrogens with two attached hydrogens (primary N) is 3. The summed E-state index contributed by atoms with van der Waals surface area (Å²) >= 11 is 7.06. The largest absolute Gasteiger partial charge is 1.00 e. The van der Waals surface area contributed by atoms with Crippen molar-refractivity contribution in [3.05, 3.63) is 140 Å². The van der Waals surface area contributed by atoms with Gasteiger partial charge in [0.2, 0.25) is 0 Å². The van der Waals surface area contributed by atoms with Gasteiger partial charge in [-0.1, -0.05) is 48.5 Å². The maximum atomic E-state index is 8.08. The van der Waals surface area contributed by atoms with Crippen LogP contribution in [0.1, 0.15) is 11.1 Å². The number of hydrogen-bond donors (Lipinski definition) is 4. The second-order valence-electron chi connectivity index (χ2n) is 11.7. The lowest BCUT2D eigenvalue weighted by Gasteiger charge is -2.18. The summed E-state index contributed by atoms with van der Waals surface area (Å²) in [6, 6.07) is 35.8. The topological polar surface area (TPSA) is 128 Å². The Kier molecular flexibility index (Phi) is 10.9. The normalized spacial score (nSPS) is 10.8. The predicted molar refractivity (Wildman–Crippen MR) is 201 cm³/mol. The molecule has 4 aromatic rings. The Morgan fingerprint density at radius 2 is 1.24 bits per heavy atom. The number of benzene rings is 6. The summed E-state index contributed by atoms with van der Waals surface area (Å²) in [5.41, 5.74) is 23.7. The standard InChI is InChI=1S/C20H14Br2N2O.C20H16N2O.BrH.ClH/c1-10-4-2-3-5-11(10)16-12-6-8-14(23)17(21)19(12)25-20-13(16)7-9-15(24)18(20)22;1-12-4-2-3-5-15(12)20-16-8-6-13(21)10-18(16)23-19-11-14(22)7-9-17(19)20;;/h2-9,23H,24H2,1H3;2-11,21H,22H2,1H3;2*1H/p-1. The minimum Gasteiger partial charge on any atom is -1.00 e. The minimum atomic E-state index is 0. The number of rotatable bonds is 2. The van der Waals surface area contributed by atoms with Crippen molar-refractivity contribution in [1.82, 2.24) is 0 Å². The lowest BCUT2D eigenvalue weighted by atomic mass is 9.91. The summed E-state index contributed by atoms with van der Waals surface area (Å²) in [5, 5.41) is 17.1. The molecule has 2 aliphatic carbocycles. The van der Waals surface area contributed by atoms with Gasteiger partial charge in [0.15, 0.2) is 16.7 Å². The molecular weight excluding hydrogens is 844 g/mol. The van der Waals surface area contributed by atoms with Crippen molar-refractivity contribution in [2.24, 2.45) is 0 Å². The van der Waals surface area contributed by atoms with E-state index in [2.05, 4.69) is 76.0 Å². The molecule has 2 heterocycles. The number of nitrogens with one attached hydrogen (secondary N) is 1. The van der Waals surface area contributed by atoms with Crippen LogP contribution in [0.25, 0.3) is 66.8 Å². The highest BCUT2D eigenvalue weighted by molar-refractivity contribution is 9.11. The zero-order valence-corrected chi connectivity index (χ0v) is 32.5. The fraction of sp³-hybridized carbons (Fsp3) is 0.0500. The van der Waals surface area contributed by atoms with Crippen molar-refractivity contribution in [3.63, 3.8) is 0 Å². The van der Waals surface area contributed by atoms with E-state index in [9.17, 15) is 0 Å². The zero-order valence-electron chi connectivity index (χ0n) is 27.0. The SMILES string of the molecule is Cc1ccccc1-c1c2ccc(=N)c(Br)c-2oc2c(Br)c(N)ccc12.Cc1ccccc1-c1c2ccc(=[NH2+])cc-2oc2cc(N)ccc12.[Br-].[Cl-]. The molecule has 7 N–H and O–H groups in total. The average Bonchev–Trinajstić information content (AvgIpc) is 3.07. The number of hydrogen-bond acceptors (Lipinski definition) is 5. The highest BCUT2D eigenvalue weighted by atomic mass is 79.9. The first kappa shape index (κ1) is 36.9. The van der Waals surface area contributed by atoms with Crippen LogP contribution in [0, 0.1) is 19.3 Å². The van der Waals surface area contributed by atoms with E-state index in [1.807, 2.05) is 72.8 Å². The van der Waals surface area contributed by atoms with Crippen molar-refractivity contribution >= 4 is 65.2 Å². The van der Waals surface area contributed by atoms with E-state index < -0.39 is 0 Å². The fourth-order valence-corrected chi connectivity index (χ4v) is 7.03. The van der Waals surface area contributed by atoms with Crippen molar-refractivity contribution in [1.29, 1.82) is 5.41 Å². The van der Waals surface area contributed by atoms with Gasteiger partial charge in [-0.05, 0) is 110 Å². The third-order valence-corrected chi connectivity index (χ3v) is 10.2. The molecule has 0 saturated heterocycles. The number of nitrogen functional groups attached to an aromatic ring is 2.